The van der Waals surface area contributed by atoms with E-state index in [1.165, 1.54) is 10.1 Å². The van der Waals surface area contributed by atoms with Crippen LogP contribution in [0.25, 0.3) is 21.2 Å². The third-order valence-corrected chi connectivity index (χ3v) is 6.00. The molecule has 0 aliphatic carbocycles. The Kier molecular flexibility index (Phi) is 4.30. The zero-order valence-electron chi connectivity index (χ0n) is 15.5. The van der Waals surface area contributed by atoms with Gasteiger partial charge in [-0.2, -0.15) is 0 Å². The topological polar surface area (TPSA) is 58.7 Å². The van der Waals surface area contributed by atoms with Crippen LogP contribution < -0.4 is 4.74 Å². The van der Waals surface area contributed by atoms with Crippen molar-refractivity contribution >= 4 is 21.4 Å². The van der Waals surface area contributed by atoms with E-state index in [0.717, 1.165) is 28.9 Å². The standard InChI is InChI=1S/C22H20N2O3S/c1-14-23-17(12-27-14)11-24-6-7-26-22-16(10-24)8-15(9-20(22)25)19-13-28-21-5-3-2-4-18(19)21/h2-5,8-9,12-13,25H,6-7,10-11H2,1H3. The minimum Gasteiger partial charge on any atom is -0.504 e. The van der Waals surface area contributed by atoms with Gasteiger partial charge in [0.05, 0.1) is 5.69 Å². The van der Waals surface area contributed by atoms with Crippen LogP contribution in [0, 0.1) is 6.92 Å². The van der Waals surface area contributed by atoms with Crippen LogP contribution in [-0.2, 0) is 13.1 Å². The number of oxazole rings is 1. The minimum absolute atomic E-state index is 0.196. The molecule has 0 bridgehead atoms. The second-order valence-electron chi connectivity index (χ2n) is 7.05. The molecule has 1 aliphatic rings. The SMILES string of the molecule is Cc1nc(CN2CCOc3c(O)cc(-c4csc5ccccc45)cc3C2)co1. The molecule has 0 saturated heterocycles. The molecule has 142 valence electrons. The normalized spacial score (nSPS) is 14.6. The highest BCUT2D eigenvalue weighted by molar-refractivity contribution is 7.17. The third kappa shape index (κ3) is 3.15. The highest BCUT2D eigenvalue weighted by Gasteiger charge is 2.21. The Hall–Kier alpha value is -2.83. The predicted octanol–water partition coefficient (Wildman–Crippen LogP) is 4.96. The molecule has 1 aliphatic heterocycles. The molecule has 0 fully saturated rings. The lowest BCUT2D eigenvalue weighted by atomic mass is 10.0. The molecule has 1 N–H and O–H groups in total. The summed E-state index contributed by atoms with van der Waals surface area (Å²) < 4.78 is 12.4. The first kappa shape index (κ1) is 17.3. The first-order valence-corrected chi connectivity index (χ1v) is 10.1. The number of hydrogen-bond acceptors (Lipinski definition) is 6. The summed E-state index contributed by atoms with van der Waals surface area (Å²) in [5, 5.41) is 14.0. The van der Waals surface area contributed by atoms with E-state index >= 15 is 0 Å². The Balaban J connectivity index is 1.51. The molecule has 4 aromatic rings. The van der Waals surface area contributed by atoms with Crippen molar-refractivity contribution in [2.75, 3.05) is 13.2 Å². The van der Waals surface area contributed by atoms with E-state index in [-0.39, 0.29) is 5.75 Å². The van der Waals surface area contributed by atoms with E-state index in [1.54, 1.807) is 17.6 Å². The molecule has 2 aromatic heterocycles. The summed E-state index contributed by atoms with van der Waals surface area (Å²) in [6, 6.07) is 12.3. The second-order valence-corrected chi connectivity index (χ2v) is 7.96. The van der Waals surface area contributed by atoms with Gasteiger partial charge in [-0.05, 0) is 29.1 Å². The quantitative estimate of drug-likeness (QED) is 0.534. The van der Waals surface area contributed by atoms with E-state index in [9.17, 15) is 5.11 Å². The number of ether oxygens (including phenoxy) is 1. The number of benzene rings is 2. The van der Waals surface area contributed by atoms with Gasteiger partial charge in [0.25, 0.3) is 0 Å². The van der Waals surface area contributed by atoms with E-state index in [2.05, 4.69) is 39.5 Å². The first-order valence-electron chi connectivity index (χ1n) is 9.26. The molecular formula is C22H20N2O3S. The van der Waals surface area contributed by atoms with Crippen LogP contribution in [-0.4, -0.2) is 28.1 Å². The summed E-state index contributed by atoms with van der Waals surface area (Å²) >= 11 is 1.72. The Morgan fingerprint density at radius 2 is 2.14 bits per heavy atom. The fraction of sp³-hybridized carbons (Fsp3) is 0.227. The number of aromatic nitrogens is 1. The molecule has 0 atom stereocenters. The van der Waals surface area contributed by atoms with Crippen LogP contribution in [0.1, 0.15) is 17.1 Å². The predicted molar refractivity (Wildman–Crippen MR) is 110 cm³/mol. The van der Waals surface area contributed by atoms with E-state index in [0.29, 0.717) is 31.3 Å². The zero-order valence-corrected chi connectivity index (χ0v) is 16.3. The Morgan fingerprint density at radius 1 is 1.25 bits per heavy atom. The van der Waals surface area contributed by atoms with Crippen molar-refractivity contribution in [3.05, 3.63) is 65.2 Å². The molecular weight excluding hydrogens is 372 g/mol. The number of phenolic OH excluding ortho intramolecular Hbond substituents is 1. The number of hydrogen-bond donors (Lipinski definition) is 1. The maximum atomic E-state index is 10.6. The lowest BCUT2D eigenvalue weighted by Crippen LogP contribution is -2.25. The van der Waals surface area contributed by atoms with Crippen LogP contribution >= 0.6 is 11.3 Å². The molecule has 0 spiro atoms. The number of nitrogens with zero attached hydrogens (tertiary/aromatic N) is 2. The Labute approximate surface area is 166 Å². The summed E-state index contributed by atoms with van der Waals surface area (Å²) in [6.07, 6.45) is 1.70. The number of thiophene rings is 1. The summed E-state index contributed by atoms with van der Waals surface area (Å²) in [4.78, 5) is 6.67. The fourth-order valence-electron chi connectivity index (χ4n) is 3.75. The van der Waals surface area contributed by atoms with Gasteiger partial charge in [-0.1, -0.05) is 18.2 Å². The fourth-order valence-corrected chi connectivity index (χ4v) is 4.72. The van der Waals surface area contributed by atoms with Gasteiger partial charge in [-0.3, -0.25) is 4.90 Å². The van der Waals surface area contributed by atoms with E-state index in [1.807, 2.05) is 19.1 Å². The van der Waals surface area contributed by atoms with Gasteiger partial charge in [0.2, 0.25) is 0 Å². The van der Waals surface area contributed by atoms with E-state index < -0.39 is 0 Å². The number of aromatic hydroxyl groups is 1. The van der Waals surface area contributed by atoms with Gasteiger partial charge in [-0.25, -0.2) is 4.98 Å². The summed E-state index contributed by atoms with van der Waals surface area (Å²) in [5.74, 6) is 1.45. The maximum absolute atomic E-state index is 10.6. The third-order valence-electron chi connectivity index (χ3n) is 5.04. The van der Waals surface area contributed by atoms with Crippen LogP contribution in [0.3, 0.4) is 0 Å². The molecule has 0 amide bonds. The number of aryl methyl sites for hydroxylation is 1. The highest BCUT2D eigenvalue weighted by Crippen LogP contribution is 2.41. The van der Waals surface area contributed by atoms with Crippen molar-refractivity contribution < 1.29 is 14.3 Å². The van der Waals surface area contributed by atoms with Crippen molar-refractivity contribution in [1.29, 1.82) is 0 Å². The van der Waals surface area contributed by atoms with Gasteiger partial charge in [0.1, 0.15) is 12.9 Å². The molecule has 5 nitrogen and oxygen atoms in total. The van der Waals surface area contributed by atoms with E-state index in [4.69, 9.17) is 9.15 Å². The summed E-state index contributed by atoms with van der Waals surface area (Å²) in [6.45, 7) is 4.51. The van der Waals surface area contributed by atoms with Crippen LogP contribution in [0.5, 0.6) is 11.5 Å². The lowest BCUT2D eigenvalue weighted by Gasteiger charge is -2.18. The smallest absolute Gasteiger partial charge is 0.191 e. The monoisotopic (exact) mass is 392 g/mol. The van der Waals surface area contributed by atoms with Crippen molar-refractivity contribution in [3.8, 4) is 22.6 Å². The van der Waals surface area contributed by atoms with Crippen molar-refractivity contribution in [2.45, 2.75) is 20.0 Å². The molecule has 5 rings (SSSR count). The molecule has 28 heavy (non-hydrogen) atoms. The average Bonchev–Trinajstić information content (AvgIpc) is 3.23. The van der Waals surface area contributed by atoms with Gasteiger partial charge >= 0.3 is 0 Å². The number of fused-ring (bicyclic) bond motifs is 2. The molecule has 2 aromatic carbocycles. The Morgan fingerprint density at radius 3 is 3.00 bits per heavy atom. The minimum atomic E-state index is 0.196. The average molecular weight is 392 g/mol. The molecule has 0 unspecified atom stereocenters. The second kappa shape index (κ2) is 6.96. The van der Waals surface area contributed by atoms with Gasteiger partial charge in [0.15, 0.2) is 17.4 Å². The highest BCUT2D eigenvalue weighted by atomic mass is 32.1. The summed E-state index contributed by atoms with van der Waals surface area (Å²) in [7, 11) is 0. The molecule has 6 heteroatoms. The van der Waals surface area contributed by atoms with Crippen LogP contribution in [0.4, 0.5) is 0 Å². The van der Waals surface area contributed by atoms with Gasteiger partial charge < -0.3 is 14.3 Å². The Bertz CT molecular complexity index is 1150. The van der Waals surface area contributed by atoms with Crippen molar-refractivity contribution in [1.82, 2.24) is 9.88 Å². The zero-order chi connectivity index (χ0) is 19.1. The van der Waals surface area contributed by atoms with Gasteiger partial charge in [0, 0.05) is 47.8 Å². The van der Waals surface area contributed by atoms with Gasteiger partial charge in [-0.15, -0.1) is 11.3 Å². The summed E-state index contributed by atoms with van der Waals surface area (Å²) in [5.41, 5.74) is 4.05. The molecule has 0 saturated carbocycles. The number of phenols is 1. The number of rotatable bonds is 3. The van der Waals surface area contributed by atoms with Crippen molar-refractivity contribution in [2.24, 2.45) is 0 Å². The first-order chi connectivity index (χ1) is 13.7. The largest absolute Gasteiger partial charge is 0.504 e. The molecule has 0 radical (unpaired) electrons. The maximum Gasteiger partial charge on any atom is 0.191 e. The van der Waals surface area contributed by atoms with Crippen molar-refractivity contribution in [3.63, 3.8) is 0 Å². The van der Waals surface area contributed by atoms with Crippen LogP contribution in [0.15, 0.2) is 52.5 Å². The van der Waals surface area contributed by atoms with Crippen LogP contribution in [0.2, 0.25) is 0 Å². The molecule has 3 heterocycles. The lowest BCUT2D eigenvalue weighted by molar-refractivity contribution is 0.215.